The minimum atomic E-state index is -4.51. The second kappa shape index (κ2) is 7.49. The summed E-state index contributed by atoms with van der Waals surface area (Å²) in [6.45, 7) is 0. The number of benzene rings is 3. The second-order valence-corrected chi connectivity index (χ2v) is 7.83. The molecule has 0 heterocycles. The van der Waals surface area contributed by atoms with E-state index in [-0.39, 0.29) is 5.69 Å². The highest BCUT2D eigenvalue weighted by Gasteiger charge is 2.24. The number of rotatable bonds is 5. The normalized spacial score (nSPS) is 11.2. The fraction of sp³-hybridized carbons (Fsp3) is 0. The molecule has 0 radical (unpaired) electrons. The highest BCUT2D eigenvalue weighted by molar-refractivity contribution is 7.92. The number of anilines is 1. The summed E-state index contributed by atoms with van der Waals surface area (Å²) in [4.78, 5) is 10.3. The van der Waals surface area contributed by atoms with Gasteiger partial charge in [-0.25, -0.2) is 17.6 Å². The Balaban J connectivity index is 1.99. The Morgan fingerprint density at radius 1 is 1.00 bits per heavy atom. The number of hydrogen-bond donors (Lipinski definition) is 3. The molecule has 0 bridgehead atoms. The maximum atomic E-state index is 14.5. The van der Waals surface area contributed by atoms with Crippen molar-refractivity contribution in [1.29, 1.82) is 0 Å². The molecule has 0 amide bonds. The molecule has 0 aromatic heterocycles. The molecule has 144 valence electrons. The summed E-state index contributed by atoms with van der Waals surface area (Å²) in [7, 11) is -4.51. The van der Waals surface area contributed by atoms with Gasteiger partial charge in [-0.1, -0.05) is 48.0 Å². The average Bonchev–Trinajstić information content (AvgIpc) is 2.65. The van der Waals surface area contributed by atoms with E-state index < -0.39 is 43.0 Å². The Hall–Kier alpha value is -3.10. The van der Waals surface area contributed by atoms with Crippen LogP contribution in [0.3, 0.4) is 0 Å². The average molecular weight is 422 g/mol. The van der Waals surface area contributed by atoms with Gasteiger partial charge in [0.25, 0.3) is 10.0 Å². The van der Waals surface area contributed by atoms with Crippen molar-refractivity contribution in [3.63, 3.8) is 0 Å². The predicted octanol–water partition coefficient (Wildman–Crippen LogP) is 4.35. The summed E-state index contributed by atoms with van der Waals surface area (Å²) in [5.74, 6) is -3.11. The Bertz CT molecular complexity index is 1170. The summed E-state index contributed by atoms with van der Waals surface area (Å²) < 4.78 is 41.6. The number of sulfonamides is 1. The van der Waals surface area contributed by atoms with Gasteiger partial charge in [-0.05, 0) is 35.4 Å². The van der Waals surface area contributed by atoms with Gasteiger partial charge in [0.15, 0.2) is 5.75 Å². The molecule has 9 heteroatoms. The van der Waals surface area contributed by atoms with Gasteiger partial charge in [0, 0.05) is 0 Å². The van der Waals surface area contributed by atoms with Gasteiger partial charge in [-0.3, -0.25) is 4.72 Å². The first-order valence-electron chi connectivity index (χ1n) is 7.82. The summed E-state index contributed by atoms with van der Waals surface area (Å²) in [5, 5.41) is 18.5. The van der Waals surface area contributed by atoms with Gasteiger partial charge in [0.05, 0.1) is 16.3 Å². The Kier molecular flexibility index (Phi) is 5.26. The zero-order valence-electron chi connectivity index (χ0n) is 14.1. The number of phenols is 1. The van der Waals surface area contributed by atoms with E-state index in [1.54, 1.807) is 24.3 Å². The molecule has 0 aliphatic heterocycles. The van der Waals surface area contributed by atoms with Crippen molar-refractivity contribution in [2.45, 2.75) is 4.90 Å². The lowest BCUT2D eigenvalue weighted by Crippen LogP contribution is -2.15. The summed E-state index contributed by atoms with van der Waals surface area (Å²) in [6, 6.07) is 14.5. The van der Waals surface area contributed by atoms with Crippen molar-refractivity contribution in [2.75, 3.05) is 4.72 Å². The van der Waals surface area contributed by atoms with E-state index in [0.29, 0.717) is 5.56 Å². The number of aromatic hydroxyl groups is 1. The van der Waals surface area contributed by atoms with Crippen LogP contribution >= 0.6 is 11.6 Å². The molecule has 3 N–H and O–H groups in total. The zero-order chi connectivity index (χ0) is 20.5. The largest absolute Gasteiger partial charge is 0.505 e. The SMILES string of the molecule is O=C(O)c1cc(Cl)c(O)c(S(=O)(=O)Nc2ccc(-c3ccccc3)cc2F)c1. The van der Waals surface area contributed by atoms with Crippen molar-refractivity contribution in [2.24, 2.45) is 0 Å². The van der Waals surface area contributed by atoms with Crippen LogP contribution in [0.1, 0.15) is 10.4 Å². The Labute approximate surface area is 164 Å². The molecular formula is C19H13ClFNO5S. The molecule has 0 aliphatic carbocycles. The number of hydrogen-bond acceptors (Lipinski definition) is 4. The Morgan fingerprint density at radius 3 is 2.29 bits per heavy atom. The van der Waals surface area contributed by atoms with Crippen LogP contribution in [0, 0.1) is 5.82 Å². The molecule has 0 fully saturated rings. The quantitative estimate of drug-likeness (QED) is 0.568. The highest BCUT2D eigenvalue weighted by Crippen LogP contribution is 2.34. The summed E-state index contributed by atoms with van der Waals surface area (Å²) >= 11 is 5.71. The van der Waals surface area contributed by atoms with Crippen LogP contribution in [-0.2, 0) is 10.0 Å². The summed E-state index contributed by atoms with van der Waals surface area (Å²) in [5.41, 5.74) is 0.480. The van der Waals surface area contributed by atoms with Crippen LogP contribution in [-0.4, -0.2) is 24.6 Å². The number of halogens is 2. The van der Waals surface area contributed by atoms with Gasteiger partial charge >= 0.3 is 5.97 Å². The van der Waals surface area contributed by atoms with Gasteiger partial charge < -0.3 is 10.2 Å². The second-order valence-electron chi connectivity index (χ2n) is 5.78. The summed E-state index contributed by atoms with van der Waals surface area (Å²) in [6.07, 6.45) is 0. The van der Waals surface area contributed by atoms with E-state index in [9.17, 15) is 22.7 Å². The third-order valence-electron chi connectivity index (χ3n) is 3.89. The Morgan fingerprint density at radius 2 is 1.68 bits per heavy atom. The smallest absolute Gasteiger partial charge is 0.335 e. The predicted molar refractivity (Wildman–Crippen MR) is 103 cm³/mol. The standard InChI is InChI=1S/C19H13ClFNO5S/c20-14-8-13(19(24)25)10-17(18(14)23)28(26,27)22-16-7-6-12(9-15(16)21)11-4-2-1-3-5-11/h1-10,22-23H,(H,24,25). The number of nitrogens with one attached hydrogen (secondary N) is 1. The topological polar surface area (TPSA) is 104 Å². The van der Waals surface area contributed by atoms with Gasteiger partial charge in [-0.2, -0.15) is 0 Å². The molecule has 3 aromatic carbocycles. The van der Waals surface area contributed by atoms with E-state index in [4.69, 9.17) is 16.7 Å². The maximum absolute atomic E-state index is 14.5. The van der Waals surface area contributed by atoms with Crippen LogP contribution in [0.25, 0.3) is 11.1 Å². The number of carboxylic acid groups (broad SMARTS) is 1. The third kappa shape index (κ3) is 3.92. The van der Waals surface area contributed by atoms with Crippen molar-refractivity contribution < 1.29 is 27.8 Å². The lowest BCUT2D eigenvalue weighted by molar-refractivity contribution is 0.0696. The zero-order valence-corrected chi connectivity index (χ0v) is 15.6. The molecular weight excluding hydrogens is 409 g/mol. The minimum absolute atomic E-state index is 0.365. The van der Waals surface area contributed by atoms with E-state index in [0.717, 1.165) is 23.8 Å². The fourth-order valence-corrected chi connectivity index (χ4v) is 4.00. The molecule has 6 nitrogen and oxygen atoms in total. The van der Waals surface area contributed by atoms with E-state index in [2.05, 4.69) is 0 Å². The number of carboxylic acids is 1. The molecule has 0 aliphatic rings. The molecule has 0 atom stereocenters. The molecule has 0 saturated carbocycles. The first-order chi connectivity index (χ1) is 13.2. The first kappa shape index (κ1) is 19.7. The molecule has 0 spiro atoms. The van der Waals surface area contributed by atoms with Gasteiger partial charge in [0.1, 0.15) is 10.7 Å². The van der Waals surface area contributed by atoms with Crippen LogP contribution in [0.2, 0.25) is 5.02 Å². The van der Waals surface area contributed by atoms with Crippen LogP contribution in [0.15, 0.2) is 65.6 Å². The minimum Gasteiger partial charge on any atom is -0.505 e. The number of phenolic OH excluding ortho intramolecular Hbond substituents is 1. The van der Waals surface area contributed by atoms with Crippen LogP contribution in [0.4, 0.5) is 10.1 Å². The van der Waals surface area contributed by atoms with Crippen LogP contribution < -0.4 is 4.72 Å². The molecule has 0 unspecified atom stereocenters. The lowest BCUT2D eigenvalue weighted by atomic mass is 10.1. The van der Waals surface area contributed by atoms with Crippen molar-refractivity contribution in [3.8, 4) is 16.9 Å². The number of carbonyl (C=O) groups is 1. The number of aromatic carboxylic acids is 1. The molecule has 3 rings (SSSR count). The molecule has 28 heavy (non-hydrogen) atoms. The fourth-order valence-electron chi connectivity index (χ4n) is 2.51. The van der Waals surface area contributed by atoms with E-state index in [1.807, 2.05) is 10.8 Å². The lowest BCUT2D eigenvalue weighted by Gasteiger charge is -2.13. The van der Waals surface area contributed by atoms with Crippen molar-refractivity contribution >= 4 is 33.3 Å². The van der Waals surface area contributed by atoms with Crippen molar-refractivity contribution in [3.05, 3.63) is 77.1 Å². The first-order valence-corrected chi connectivity index (χ1v) is 9.69. The van der Waals surface area contributed by atoms with Crippen LogP contribution in [0.5, 0.6) is 5.75 Å². The molecule has 0 saturated heterocycles. The van der Waals surface area contributed by atoms with Gasteiger partial charge in [0.2, 0.25) is 0 Å². The monoisotopic (exact) mass is 421 g/mol. The highest BCUT2D eigenvalue weighted by atomic mass is 35.5. The van der Waals surface area contributed by atoms with Gasteiger partial charge in [-0.15, -0.1) is 0 Å². The van der Waals surface area contributed by atoms with E-state index in [1.165, 1.54) is 12.1 Å². The molecule has 3 aromatic rings. The third-order valence-corrected chi connectivity index (χ3v) is 5.55. The van der Waals surface area contributed by atoms with E-state index >= 15 is 0 Å². The van der Waals surface area contributed by atoms with Crippen molar-refractivity contribution in [1.82, 2.24) is 0 Å². The maximum Gasteiger partial charge on any atom is 0.335 e.